The van der Waals surface area contributed by atoms with Gasteiger partial charge in [0.15, 0.2) is 5.82 Å². The third-order valence-corrected chi connectivity index (χ3v) is 5.74. The average Bonchev–Trinajstić information content (AvgIpc) is 3.22. The van der Waals surface area contributed by atoms with Crippen molar-refractivity contribution in [3.63, 3.8) is 0 Å². The molecule has 0 aromatic heterocycles. The van der Waals surface area contributed by atoms with Crippen LogP contribution in [0.3, 0.4) is 0 Å². The molecule has 118 valence electrons. The van der Waals surface area contributed by atoms with E-state index in [4.69, 9.17) is 10.5 Å². The van der Waals surface area contributed by atoms with Gasteiger partial charge in [0.1, 0.15) is 4.90 Å². The van der Waals surface area contributed by atoms with E-state index < -0.39 is 20.7 Å². The minimum Gasteiger partial charge on any atom is -0.399 e. The van der Waals surface area contributed by atoms with E-state index in [1.165, 1.54) is 26.0 Å². The van der Waals surface area contributed by atoms with Crippen molar-refractivity contribution in [2.24, 2.45) is 5.92 Å². The first kappa shape index (κ1) is 16.7. The maximum atomic E-state index is 14.0. The second-order valence-corrected chi connectivity index (χ2v) is 8.03. The minimum atomic E-state index is -3.93. The quantitative estimate of drug-likeness (QED) is 0.581. The normalized spacial score (nSPS) is 15.6. The highest BCUT2D eigenvalue weighted by Gasteiger charge is 2.26. The molecule has 0 radical (unpaired) electrons. The first-order valence-electron chi connectivity index (χ1n) is 6.61. The van der Waals surface area contributed by atoms with Crippen molar-refractivity contribution < 1.29 is 17.5 Å². The lowest BCUT2D eigenvalue weighted by Crippen LogP contribution is -2.31. The van der Waals surface area contributed by atoms with E-state index in [1.54, 1.807) is 0 Å². The van der Waals surface area contributed by atoms with Crippen LogP contribution in [0.2, 0.25) is 0 Å². The Balaban J connectivity index is 2.05. The fourth-order valence-corrected chi connectivity index (χ4v) is 3.67. The van der Waals surface area contributed by atoms with Gasteiger partial charge in [-0.05, 0) is 46.8 Å². The van der Waals surface area contributed by atoms with Crippen molar-refractivity contribution >= 4 is 31.6 Å². The Morgan fingerprint density at radius 1 is 1.48 bits per heavy atom. The van der Waals surface area contributed by atoms with Gasteiger partial charge >= 0.3 is 0 Å². The second-order valence-electron chi connectivity index (χ2n) is 5.16. The summed E-state index contributed by atoms with van der Waals surface area (Å²) in [6.45, 7) is 1.12. The summed E-state index contributed by atoms with van der Waals surface area (Å²) in [6, 6.07) is 2.45. The van der Waals surface area contributed by atoms with Crippen LogP contribution in [0.1, 0.15) is 12.8 Å². The lowest BCUT2D eigenvalue weighted by Gasteiger charge is -2.18. The number of hydrogen-bond acceptors (Lipinski definition) is 4. The number of nitrogens with zero attached hydrogens (tertiary/aromatic N) is 1. The minimum absolute atomic E-state index is 0.0273. The summed E-state index contributed by atoms with van der Waals surface area (Å²) >= 11 is 2.96. The summed E-state index contributed by atoms with van der Waals surface area (Å²) in [5.74, 6) is -0.218. The number of benzene rings is 1. The third kappa shape index (κ3) is 4.15. The molecule has 0 unspecified atom stereocenters. The third-order valence-electron chi connectivity index (χ3n) is 3.31. The number of nitrogen functional groups attached to an aromatic ring is 1. The SMILES string of the molecule is CN(CCOCC1CC1)S(=O)(=O)c1cc(N)cc(Br)c1F. The topological polar surface area (TPSA) is 72.6 Å². The van der Waals surface area contributed by atoms with E-state index >= 15 is 0 Å². The lowest BCUT2D eigenvalue weighted by molar-refractivity contribution is 0.117. The molecule has 2 N–H and O–H groups in total. The van der Waals surface area contributed by atoms with Gasteiger partial charge in [-0.1, -0.05) is 0 Å². The van der Waals surface area contributed by atoms with Crippen LogP contribution in [-0.2, 0) is 14.8 Å². The van der Waals surface area contributed by atoms with Crippen molar-refractivity contribution in [3.8, 4) is 0 Å². The zero-order valence-electron chi connectivity index (χ0n) is 11.7. The average molecular weight is 381 g/mol. The highest BCUT2D eigenvalue weighted by Crippen LogP contribution is 2.29. The van der Waals surface area contributed by atoms with Gasteiger partial charge in [0.2, 0.25) is 10.0 Å². The van der Waals surface area contributed by atoms with Gasteiger partial charge in [-0.3, -0.25) is 0 Å². The summed E-state index contributed by atoms with van der Waals surface area (Å²) < 4.78 is 45.2. The Hall–Kier alpha value is -0.700. The molecule has 1 aromatic carbocycles. The Morgan fingerprint density at radius 3 is 2.76 bits per heavy atom. The van der Waals surface area contributed by atoms with E-state index in [1.807, 2.05) is 0 Å². The number of nitrogens with two attached hydrogens (primary N) is 1. The van der Waals surface area contributed by atoms with Crippen LogP contribution in [0.5, 0.6) is 0 Å². The molecule has 2 rings (SSSR count). The van der Waals surface area contributed by atoms with Gasteiger partial charge in [-0.2, -0.15) is 4.31 Å². The maximum absolute atomic E-state index is 14.0. The molecule has 1 saturated carbocycles. The molecule has 0 heterocycles. The summed E-state index contributed by atoms with van der Waals surface area (Å²) in [5.41, 5.74) is 5.76. The van der Waals surface area contributed by atoms with Crippen molar-refractivity contribution in [1.29, 1.82) is 0 Å². The second kappa shape index (κ2) is 6.60. The Morgan fingerprint density at radius 2 is 2.14 bits per heavy atom. The van der Waals surface area contributed by atoms with Gasteiger partial charge in [-0.25, -0.2) is 12.8 Å². The Kier molecular flexibility index (Phi) is 5.24. The van der Waals surface area contributed by atoms with Crippen LogP contribution >= 0.6 is 15.9 Å². The molecular weight excluding hydrogens is 363 g/mol. The van der Waals surface area contributed by atoms with Crippen LogP contribution < -0.4 is 5.73 Å². The molecule has 0 aliphatic heterocycles. The number of likely N-dealkylation sites (N-methyl/N-ethyl adjacent to an activating group) is 1. The molecular formula is C13H18BrFN2O3S. The molecule has 0 spiro atoms. The number of rotatable bonds is 7. The first-order chi connectivity index (χ1) is 9.82. The molecule has 0 atom stereocenters. The van der Waals surface area contributed by atoms with Crippen molar-refractivity contribution in [2.45, 2.75) is 17.7 Å². The smallest absolute Gasteiger partial charge is 0.245 e. The summed E-state index contributed by atoms with van der Waals surface area (Å²) in [5, 5.41) is 0. The van der Waals surface area contributed by atoms with Gasteiger partial charge in [-0.15, -0.1) is 0 Å². The van der Waals surface area contributed by atoms with E-state index in [-0.39, 0.29) is 23.3 Å². The number of hydrogen-bond donors (Lipinski definition) is 1. The van der Waals surface area contributed by atoms with E-state index in [0.717, 1.165) is 10.4 Å². The summed E-state index contributed by atoms with van der Waals surface area (Å²) in [6.07, 6.45) is 2.35. The molecule has 0 bridgehead atoms. The fourth-order valence-electron chi connectivity index (χ4n) is 1.79. The van der Waals surface area contributed by atoms with Crippen LogP contribution in [0.25, 0.3) is 0 Å². The van der Waals surface area contributed by atoms with Crippen LogP contribution in [0.4, 0.5) is 10.1 Å². The van der Waals surface area contributed by atoms with Gasteiger partial charge in [0.25, 0.3) is 0 Å². The molecule has 1 aromatic rings. The van der Waals surface area contributed by atoms with Gasteiger partial charge in [0, 0.05) is 25.9 Å². The fraction of sp³-hybridized carbons (Fsp3) is 0.538. The number of anilines is 1. The number of sulfonamides is 1. The van der Waals surface area contributed by atoms with Crippen LogP contribution in [0, 0.1) is 11.7 Å². The molecule has 5 nitrogen and oxygen atoms in total. The molecule has 8 heteroatoms. The zero-order chi connectivity index (χ0) is 15.6. The standard InChI is InChI=1S/C13H18BrFN2O3S/c1-17(4-5-20-8-9-2-3-9)21(18,19)12-7-10(16)6-11(14)13(12)15/h6-7,9H,2-5,8,16H2,1H3. The molecule has 1 aliphatic rings. The van der Waals surface area contributed by atoms with Crippen molar-refractivity contribution in [2.75, 3.05) is 32.5 Å². The predicted molar refractivity (Wildman–Crippen MR) is 81.9 cm³/mol. The van der Waals surface area contributed by atoms with Crippen LogP contribution in [0.15, 0.2) is 21.5 Å². The van der Waals surface area contributed by atoms with Gasteiger partial charge < -0.3 is 10.5 Å². The van der Waals surface area contributed by atoms with E-state index in [0.29, 0.717) is 12.5 Å². The molecule has 21 heavy (non-hydrogen) atoms. The summed E-state index contributed by atoms with van der Waals surface area (Å²) in [7, 11) is -2.54. The largest absolute Gasteiger partial charge is 0.399 e. The Labute approximate surface area is 132 Å². The number of halogens is 2. The highest BCUT2D eigenvalue weighted by atomic mass is 79.9. The highest BCUT2D eigenvalue weighted by molar-refractivity contribution is 9.10. The van der Waals surface area contributed by atoms with Gasteiger partial charge in [0.05, 0.1) is 11.1 Å². The van der Waals surface area contributed by atoms with E-state index in [9.17, 15) is 12.8 Å². The Bertz CT molecular complexity index is 620. The zero-order valence-corrected chi connectivity index (χ0v) is 14.1. The van der Waals surface area contributed by atoms with Crippen LogP contribution in [-0.4, -0.2) is 39.5 Å². The summed E-state index contributed by atoms with van der Waals surface area (Å²) in [4.78, 5) is -0.431. The monoisotopic (exact) mass is 380 g/mol. The van der Waals surface area contributed by atoms with E-state index in [2.05, 4.69) is 15.9 Å². The first-order valence-corrected chi connectivity index (χ1v) is 8.84. The molecule has 0 saturated heterocycles. The lowest BCUT2D eigenvalue weighted by atomic mass is 10.3. The molecule has 1 fully saturated rings. The maximum Gasteiger partial charge on any atom is 0.245 e. The molecule has 1 aliphatic carbocycles. The van der Waals surface area contributed by atoms with Crippen molar-refractivity contribution in [3.05, 3.63) is 22.4 Å². The predicted octanol–water partition coefficient (Wildman–Crippen LogP) is 2.22. The molecule has 0 amide bonds. The number of ether oxygens (including phenoxy) is 1. The van der Waals surface area contributed by atoms with Crippen molar-refractivity contribution in [1.82, 2.24) is 4.31 Å².